The Hall–Kier alpha value is -2.28. The average Bonchev–Trinajstić information content (AvgIpc) is 3.36. The van der Waals surface area contributed by atoms with E-state index in [1.807, 2.05) is 25.1 Å². The van der Waals surface area contributed by atoms with Gasteiger partial charge in [0, 0.05) is 31.7 Å². The number of hydrogen-bond acceptors (Lipinski definition) is 5. The first-order valence-electron chi connectivity index (χ1n) is 9.84. The van der Waals surface area contributed by atoms with Gasteiger partial charge >= 0.3 is 0 Å². The maximum atomic E-state index is 5.58. The third-order valence-electron chi connectivity index (χ3n) is 4.30. The van der Waals surface area contributed by atoms with Crippen LogP contribution in [0.1, 0.15) is 63.2 Å². The van der Waals surface area contributed by atoms with Gasteiger partial charge in [0.15, 0.2) is 11.7 Å². The molecule has 2 rings (SSSR count). The molecular weight excluding hydrogens is 344 g/mol. The molecule has 7 nitrogen and oxygen atoms in total. The maximum absolute atomic E-state index is 5.58. The lowest BCUT2D eigenvalue weighted by Crippen LogP contribution is -2.38. The number of furan rings is 1. The topological polar surface area (TPSA) is 84.8 Å². The molecule has 0 aliphatic heterocycles. The molecule has 2 aromatic heterocycles. The van der Waals surface area contributed by atoms with Crippen LogP contribution in [0, 0.1) is 0 Å². The minimum atomic E-state index is 0.457. The highest BCUT2D eigenvalue weighted by atomic mass is 16.5. The lowest BCUT2D eigenvalue weighted by molar-refractivity contribution is 0.105. The second kappa shape index (κ2) is 12.2. The molecule has 0 radical (unpaired) electrons. The van der Waals surface area contributed by atoms with Crippen molar-refractivity contribution in [1.29, 1.82) is 0 Å². The molecular formula is C20H32N4O3. The lowest BCUT2D eigenvalue weighted by atomic mass is 9.99. The fraction of sp³-hybridized carbons (Fsp3) is 0.600. The van der Waals surface area contributed by atoms with Crippen molar-refractivity contribution >= 4 is 5.96 Å². The Morgan fingerprint density at radius 3 is 2.78 bits per heavy atom. The molecule has 0 fully saturated rings. The van der Waals surface area contributed by atoms with E-state index in [0.717, 1.165) is 55.5 Å². The Labute approximate surface area is 161 Å². The van der Waals surface area contributed by atoms with Crippen molar-refractivity contribution in [1.82, 2.24) is 15.8 Å². The number of nitrogens with zero attached hydrogens (tertiary/aromatic N) is 2. The SMILES string of the molecule is CCNC(=NCc1cc(C(CC)CC)no1)NCCCOCc1ccco1. The lowest BCUT2D eigenvalue weighted by Gasteiger charge is -2.10. The largest absolute Gasteiger partial charge is 0.467 e. The highest BCUT2D eigenvalue weighted by molar-refractivity contribution is 5.79. The van der Waals surface area contributed by atoms with Crippen molar-refractivity contribution in [3.05, 3.63) is 41.7 Å². The zero-order valence-electron chi connectivity index (χ0n) is 16.7. The minimum Gasteiger partial charge on any atom is -0.467 e. The van der Waals surface area contributed by atoms with E-state index in [4.69, 9.17) is 13.7 Å². The fourth-order valence-electron chi connectivity index (χ4n) is 2.75. The number of aliphatic imine (C=N–C) groups is 1. The van der Waals surface area contributed by atoms with Gasteiger partial charge in [0.25, 0.3) is 0 Å². The Kier molecular flexibility index (Phi) is 9.48. The third kappa shape index (κ3) is 7.46. The first-order valence-corrected chi connectivity index (χ1v) is 9.84. The Morgan fingerprint density at radius 2 is 2.07 bits per heavy atom. The summed E-state index contributed by atoms with van der Waals surface area (Å²) in [6.45, 7) is 9.61. The fourth-order valence-corrected chi connectivity index (χ4v) is 2.75. The molecule has 2 aromatic rings. The van der Waals surface area contributed by atoms with Crippen LogP contribution in [-0.2, 0) is 17.9 Å². The van der Waals surface area contributed by atoms with Crippen molar-refractivity contribution in [2.45, 2.75) is 59.1 Å². The first-order chi connectivity index (χ1) is 13.3. The van der Waals surface area contributed by atoms with Crippen molar-refractivity contribution in [2.75, 3.05) is 19.7 Å². The van der Waals surface area contributed by atoms with Crippen molar-refractivity contribution in [2.24, 2.45) is 4.99 Å². The highest BCUT2D eigenvalue weighted by Gasteiger charge is 2.12. The predicted octanol–water partition coefficient (Wildman–Crippen LogP) is 3.83. The van der Waals surface area contributed by atoms with Gasteiger partial charge in [-0.3, -0.25) is 0 Å². The van der Waals surface area contributed by atoms with E-state index in [-0.39, 0.29) is 0 Å². The van der Waals surface area contributed by atoms with Crippen LogP contribution < -0.4 is 10.6 Å². The molecule has 2 N–H and O–H groups in total. The van der Waals surface area contributed by atoms with E-state index in [2.05, 4.69) is 34.6 Å². The van der Waals surface area contributed by atoms with Crippen molar-refractivity contribution < 1.29 is 13.7 Å². The van der Waals surface area contributed by atoms with E-state index in [9.17, 15) is 0 Å². The number of ether oxygens (including phenoxy) is 1. The van der Waals surface area contributed by atoms with Crippen LogP contribution in [0.4, 0.5) is 0 Å². The average molecular weight is 377 g/mol. The van der Waals surface area contributed by atoms with E-state index in [1.165, 1.54) is 0 Å². The molecule has 150 valence electrons. The quantitative estimate of drug-likeness (QED) is 0.333. The third-order valence-corrected chi connectivity index (χ3v) is 4.30. The van der Waals surface area contributed by atoms with E-state index < -0.39 is 0 Å². The van der Waals surface area contributed by atoms with Crippen LogP contribution in [0.25, 0.3) is 0 Å². The maximum Gasteiger partial charge on any atom is 0.191 e. The zero-order chi connectivity index (χ0) is 19.3. The van der Waals surface area contributed by atoms with Gasteiger partial charge in [-0.05, 0) is 38.3 Å². The summed E-state index contributed by atoms with van der Waals surface area (Å²) in [4.78, 5) is 4.57. The smallest absolute Gasteiger partial charge is 0.191 e. The highest BCUT2D eigenvalue weighted by Crippen LogP contribution is 2.22. The molecule has 2 heterocycles. The monoisotopic (exact) mass is 376 g/mol. The standard InChI is InChI=1S/C20H32N4O3/c1-4-16(5-2)19-13-18(27-24-19)14-23-20(21-6-3)22-10-8-11-25-15-17-9-7-12-26-17/h7,9,12-13,16H,4-6,8,10-11,14-15H2,1-3H3,(H2,21,22,23). The molecule has 0 aromatic carbocycles. The first kappa shape index (κ1) is 21.0. The number of rotatable bonds is 12. The molecule has 0 aliphatic carbocycles. The summed E-state index contributed by atoms with van der Waals surface area (Å²) in [7, 11) is 0. The molecule has 27 heavy (non-hydrogen) atoms. The summed E-state index contributed by atoms with van der Waals surface area (Å²) in [5, 5.41) is 10.7. The normalized spacial score (nSPS) is 11.9. The van der Waals surface area contributed by atoms with Gasteiger partial charge in [0.2, 0.25) is 0 Å². The molecule has 0 atom stereocenters. The van der Waals surface area contributed by atoms with Gasteiger partial charge in [-0.1, -0.05) is 19.0 Å². The van der Waals surface area contributed by atoms with Crippen molar-refractivity contribution in [3.63, 3.8) is 0 Å². The molecule has 0 spiro atoms. The Bertz CT molecular complexity index is 648. The number of hydrogen-bond donors (Lipinski definition) is 2. The Morgan fingerprint density at radius 1 is 1.22 bits per heavy atom. The van der Waals surface area contributed by atoms with Crippen LogP contribution in [0.3, 0.4) is 0 Å². The molecule has 0 saturated heterocycles. The summed E-state index contributed by atoms with van der Waals surface area (Å²) < 4.78 is 16.2. The number of guanidine groups is 1. The van der Waals surface area contributed by atoms with Crippen LogP contribution in [0.15, 0.2) is 38.4 Å². The van der Waals surface area contributed by atoms with Gasteiger partial charge in [0.05, 0.1) is 12.0 Å². The minimum absolute atomic E-state index is 0.457. The van der Waals surface area contributed by atoms with E-state index in [1.54, 1.807) is 6.26 Å². The molecule has 0 unspecified atom stereocenters. The van der Waals surface area contributed by atoms with Gasteiger partial charge in [-0.25, -0.2) is 4.99 Å². The summed E-state index contributed by atoms with van der Waals surface area (Å²) in [5.41, 5.74) is 1.02. The second-order valence-corrected chi connectivity index (χ2v) is 6.34. The summed E-state index contributed by atoms with van der Waals surface area (Å²) in [6, 6.07) is 5.79. The van der Waals surface area contributed by atoms with E-state index >= 15 is 0 Å². The Balaban J connectivity index is 1.71. The van der Waals surface area contributed by atoms with Crippen LogP contribution >= 0.6 is 0 Å². The van der Waals surface area contributed by atoms with Crippen molar-refractivity contribution in [3.8, 4) is 0 Å². The van der Waals surface area contributed by atoms with Gasteiger partial charge < -0.3 is 24.3 Å². The molecule has 0 aliphatic rings. The van der Waals surface area contributed by atoms with Gasteiger partial charge in [0.1, 0.15) is 18.9 Å². The predicted molar refractivity (Wildman–Crippen MR) is 106 cm³/mol. The summed E-state index contributed by atoms with van der Waals surface area (Å²) in [5.74, 6) is 2.86. The zero-order valence-corrected chi connectivity index (χ0v) is 16.7. The van der Waals surface area contributed by atoms with E-state index in [0.29, 0.717) is 25.7 Å². The van der Waals surface area contributed by atoms with Crippen LogP contribution in [0.5, 0.6) is 0 Å². The number of nitrogens with one attached hydrogen (secondary N) is 2. The number of aromatic nitrogens is 1. The van der Waals surface area contributed by atoms with Gasteiger partial charge in [-0.2, -0.15) is 0 Å². The summed E-state index contributed by atoms with van der Waals surface area (Å²) in [6.07, 6.45) is 4.67. The molecule has 0 saturated carbocycles. The molecule has 0 amide bonds. The molecule has 7 heteroatoms. The van der Waals surface area contributed by atoms with Crippen LogP contribution in [-0.4, -0.2) is 30.8 Å². The van der Waals surface area contributed by atoms with Crippen LogP contribution in [0.2, 0.25) is 0 Å². The summed E-state index contributed by atoms with van der Waals surface area (Å²) >= 11 is 0. The molecule has 0 bridgehead atoms. The second-order valence-electron chi connectivity index (χ2n) is 6.34. The van der Waals surface area contributed by atoms with Gasteiger partial charge in [-0.15, -0.1) is 0 Å².